The lowest BCUT2D eigenvalue weighted by Gasteiger charge is -2.08. The molecule has 0 bridgehead atoms. The molecule has 0 atom stereocenters. The van der Waals surface area contributed by atoms with Gasteiger partial charge in [0.2, 0.25) is 11.9 Å². The van der Waals surface area contributed by atoms with E-state index in [0.29, 0.717) is 31.1 Å². The van der Waals surface area contributed by atoms with E-state index in [2.05, 4.69) is 30.7 Å². The van der Waals surface area contributed by atoms with E-state index in [4.69, 9.17) is 9.26 Å². The Labute approximate surface area is 117 Å². The van der Waals surface area contributed by atoms with E-state index in [9.17, 15) is 0 Å². The highest BCUT2D eigenvalue weighted by Crippen LogP contribution is 2.12. The lowest BCUT2D eigenvalue weighted by molar-refractivity contribution is 0.292. The third-order valence-electron chi connectivity index (χ3n) is 2.38. The molecule has 20 heavy (non-hydrogen) atoms. The molecule has 0 saturated carbocycles. The number of rotatable bonds is 7. The van der Waals surface area contributed by atoms with Crippen LogP contribution >= 0.6 is 0 Å². The molecular weight excluding hydrogens is 260 g/mol. The fraction of sp³-hybridized carbons (Fsp3) is 0.500. The van der Waals surface area contributed by atoms with Gasteiger partial charge in [-0.3, -0.25) is 0 Å². The fourth-order valence-corrected chi connectivity index (χ4v) is 1.48. The van der Waals surface area contributed by atoms with Crippen molar-refractivity contribution in [2.75, 3.05) is 24.3 Å². The van der Waals surface area contributed by atoms with Gasteiger partial charge in [-0.15, -0.1) is 0 Å². The summed E-state index contributed by atoms with van der Waals surface area (Å²) in [5, 5.41) is 9.82. The smallest absolute Gasteiger partial charge is 0.323 e. The summed E-state index contributed by atoms with van der Waals surface area (Å²) in [5.41, 5.74) is 0.782. The molecule has 2 rings (SSSR count). The maximum absolute atomic E-state index is 5.42. The Kier molecular flexibility index (Phi) is 4.70. The Balaban J connectivity index is 2.05. The van der Waals surface area contributed by atoms with Gasteiger partial charge in [-0.2, -0.15) is 15.0 Å². The lowest BCUT2D eigenvalue weighted by atomic mass is 10.4. The second-order valence-electron chi connectivity index (χ2n) is 4.15. The first-order valence-corrected chi connectivity index (χ1v) is 6.44. The zero-order valence-corrected chi connectivity index (χ0v) is 11.8. The van der Waals surface area contributed by atoms with E-state index in [1.54, 1.807) is 7.05 Å². The van der Waals surface area contributed by atoms with Crippen molar-refractivity contribution in [1.29, 1.82) is 0 Å². The van der Waals surface area contributed by atoms with Gasteiger partial charge >= 0.3 is 6.01 Å². The summed E-state index contributed by atoms with van der Waals surface area (Å²) in [6.45, 7) is 4.90. The largest absolute Gasteiger partial charge is 0.463 e. The monoisotopic (exact) mass is 278 g/mol. The minimum atomic E-state index is 0.296. The molecule has 0 aliphatic rings. The van der Waals surface area contributed by atoms with Crippen molar-refractivity contribution in [3.05, 3.63) is 17.5 Å². The van der Waals surface area contributed by atoms with Crippen LogP contribution in [-0.2, 0) is 6.54 Å². The van der Waals surface area contributed by atoms with Crippen molar-refractivity contribution in [2.24, 2.45) is 0 Å². The van der Waals surface area contributed by atoms with Crippen molar-refractivity contribution in [3.8, 4) is 6.01 Å². The molecule has 0 aliphatic heterocycles. The third kappa shape index (κ3) is 3.81. The molecule has 0 radical (unpaired) electrons. The summed E-state index contributed by atoms with van der Waals surface area (Å²) in [4.78, 5) is 12.5. The molecule has 0 saturated heterocycles. The number of anilines is 2. The highest BCUT2D eigenvalue weighted by atomic mass is 16.5. The first kappa shape index (κ1) is 14.0. The van der Waals surface area contributed by atoms with Crippen LogP contribution in [0.4, 0.5) is 11.9 Å². The fourth-order valence-electron chi connectivity index (χ4n) is 1.48. The van der Waals surface area contributed by atoms with Crippen LogP contribution in [-0.4, -0.2) is 33.8 Å². The van der Waals surface area contributed by atoms with Gasteiger partial charge in [0.05, 0.1) is 13.2 Å². The van der Waals surface area contributed by atoms with E-state index >= 15 is 0 Å². The molecule has 0 unspecified atom stereocenters. The molecule has 8 nitrogen and oxygen atoms in total. The summed E-state index contributed by atoms with van der Waals surface area (Å²) < 4.78 is 10.4. The molecule has 8 heteroatoms. The highest BCUT2D eigenvalue weighted by Gasteiger charge is 2.07. The molecule has 0 aromatic carbocycles. The minimum Gasteiger partial charge on any atom is -0.463 e. The van der Waals surface area contributed by atoms with Gasteiger partial charge in [0.15, 0.2) is 0 Å². The van der Waals surface area contributed by atoms with Crippen LogP contribution in [0.15, 0.2) is 10.6 Å². The topological polar surface area (TPSA) is 98.0 Å². The van der Waals surface area contributed by atoms with Crippen molar-refractivity contribution < 1.29 is 9.26 Å². The van der Waals surface area contributed by atoms with Crippen LogP contribution in [0.5, 0.6) is 6.01 Å². The van der Waals surface area contributed by atoms with Crippen molar-refractivity contribution in [1.82, 2.24) is 20.1 Å². The Morgan fingerprint density at radius 3 is 2.70 bits per heavy atom. The van der Waals surface area contributed by atoms with Gasteiger partial charge in [-0.05, 0) is 13.3 Å². The average Bonchev–Trinajstić information content (AvgIpc) is 2.88. The summed E-state index contributed by atoms with van der Waals surface area (Å²) in [6, 6.07) is 2.15. The number of nitrogens with zero attached hydrogens (tertiary/aromatic N) is 4. The zero-order chi connectivity index (χ0) is 14.4. The normalized spacial score (nSPS) is 10.3. The molecule has 0 amide bonds. The molecule has 2 aromatic rings. The zero-order valence-electron chi connectivity index (χ0n) is 11.8. The summed E-state index contributed by atoms with van der Waals surface area (Å²) in [7, 11) is 1.74. The van der Waals surface area contributed by atoms with E-state index in [1.165, 1.54) is 0 Å². The van der Waals surface area contributed by atoms with E-state index in [-0.39, 0.29) is 0 Å². The number of aryl methyl sites for hydroxylation is 1. The predicted octanol–water partition coefficient (Wildman–Crippen LogP) is 1.61. The Morgan fingerprint density at radius 2 is 2.05 bits per heavy atom. The van der Waals surface area contributed by atoms with Crippen LogP contribution in [0.1, 0.15) is 24.8 Å². The van der Waals surface area contributed by atoms with Gasteiger partial charge in [-0.1, -0.05) is 12.1 Å². The van der Waals surface area contributed by atoms with Crippen LogP contribution in [0.3, 0.4) is 0 Å². The van der Waals surface area contributed by atoms with Crippen LogP contribution in [0.2, 0.25) is 0 Å². The molecular formula is C12H18N6O2. The van der Waals surface area contributed by atoms with E-state index in [0.717, 1.165) is 17.9 Å². The number of aromatic nitrogens is 4. The minimum absolute atomic E-state index is 0.296. The van der Waals surface area contributed by atoms with Gasteiger partial charge in [-0.25, -0.2) is 0 Å². The second-order valence-corrected chi connectivity index (χ2v) is 4.15. The van der Waals surface area contributed by atoms with Crippen LogP contribution < -0.4 is 15.4 Å². The third-order valence-corrected chi connectivity index (χ3v) is 2.38. The molecule has 0 spiro atoms. The highest BCUT2D eigenvalue weighted by molar-refractivity contribution is 5.35. The van der Waals surface area contributed by atoms with Gasteiger partial charge < -0.3 is 19.9 Å². The van der Waals surface area contributed by atoms with Crippen molar-refractivity contribution >= 4 is 11.9 Å². The molecule has 2 aromatic heterocycles. The molecule has 108 valence electrons. The Morgan fingerprint density at radius 1 is 1.25 bits per heavy atom. The number of hydrogen-bond acceptors (Lipinski definition) is 8. The Hall–Kier alpha value is -2.38. The van der Waals surface area contributed by atoms with Crippen molar-refractivity contribution in [2.45, 2.75) is 26.8 Å². The number of nitrogens with one attached hydrogen (secondary N) is 2. The van der Waals surface area contributed by atoms with Gasteiger partial charge in [0.25, 0.3) is 0 Å². The second kappa shape index (κ2) is 6.69. The maximum atomic E-state index is 5.42. The molecule has 0 aliphatic carbocycles. The number of ether oxygens (including phenoxy) is 1. The quantitative estimate of drug-likeness (QED) is 0.788. The Bertz CT molecular complexity index is 557. The van der Waals surface area contributed by atoms with Gasteiger partial charge in [0, 0.05) is 13.1 Å². The first-order valence-electron chi connectivity index (χ1n) is 6.44. The maximum Gasteiger partial charge on any atom is 0.323 e. The summed E-state index contributed by atoms with van der Waals surface area (Å²) in [6.07, 6.45) is 0.890. The molecule has 2 heterocycles. The standard InChI is InChI=1S/C12H18N6O2/c1-4-5-19-12-16-10(13-3)15-11(17-12)14-7-9-6-8(2)20-18-9/h6H,4-5,7H2,1-3H3,(H2,13,14,15,16,17). The van der Waals surface area contributed by atoms with Crippen LogP contribution in [0, 0.1) is 6.92 Å². The van der Waals surface area contributed by atoms with Crippen LogP contribution in [0.25, 0.3) is 0 Å². The van der Waals surface area contributed by atoms with Gasteiger partial charge in [0.1, 0.15) is 11.5 Å². The average molecular weight is 278 g/mol. The van der Waals surface area contributed by atoms with E-state index < -0.39 is 0 Å². The summed E-state index contributed by atoms with van der Waals surface area (Å²) in [5.74, 6) is 1.64. The van der Waals surface area contributed by atoms with E-state index in [1.807, 2.05) is 19.9 Å². The summed E-state index contributed by atoms with van der Waals surface area (Å²) >= 11 is 0. The molecule has 2 N–H and O–H groups in total. The number of hydrogen-bond donors (Lipinski definition) is 2. The SMILES string of the molecule is CCCOc1nc(NC)nc(NCc2cc(C)on2)n1. The lowest BCUT2D eigenvalue weighted by Crippen LogP contribution is -2.10. The first-order chi connectivity index (χ1) is 9.71. The predicted molar refractivity (Wildman–Crippen MR) is 73.7 cm³/mol. The van der Waals surface area contributed by atoms with Crippen molar-refractivity contribution in [3.63, 3.8) is 0 Å². The molecule has 0 fully saturated rings.